The molecule has 0 fully saturated rings. The van der Waals surface area contributed by atoms with Gasteiger partial charge in [-0.1, -0.05) is 23.7 Å². The molecule has 0 saturated carbocycles. The summed E-state index contributed by atoms with van der Waals surface area (Å²) in [6.07, 6.45) is -3.18. The van der Waals surface area contributed by atoms with E-state index in [9.17, 15) is 17.6 Å². The van der Waals surface area contributed by atoms with Gasteiger partial charge in [0.25, 0.3) is 0 Å². The summed E-state index contributed by atoms with van der Waals surface area (Å²) in [6, 6.07) is 5.15. The van der Waals surface area contributed by atoms with Gasteiger partial charge in [0.05, 0.1) is 10.6 Å². The van der Waals surface area contributed by atoms with Crippen LogP contribution in [0.25, 0.3) is 11.3 Å². The zero-order chi connectivity index (χ0) is 13.3. The Balaban J connectivity index is 2.41. The van der Waals surface area contributed by atoms with Crippen molar-refractivity contribution >= 4 is 11.6 Å². The maximum atomic E-state index is 13.5. The van der Waals surface area contributed by atoms with Crippen LogP contribution in [-0.4, -0.2) is 4.98 Å². The second-order valence-electron chi connectivity index (χ2n) is 3.56. The van der Waals surface area contributed by atoms with Crippen LogP contribution in [-0.2, 0) is 6.18 Å². The van der Waals surface area contributed by atoms with Gasteiger partial charge in [0, 0.05) is 11.8 Å². The van der Waals surface area contributed by atoms with Crippen LogP contribution in [0.2, 0.25) is 5.02 Å². The number of alkyl halides is 3. The molecule has 1 aromatic carbocycles. The fraction of sp³-hybridized carbons (Fsp3) is 0.0833. The van der Waals surface area contributed by atoms with E-state index in [1.807, 2.05) is 0 Å². The van der Waals surface area contributed by atoms with Gasteiger partial charge in [0.15, 0.2) is 5.82 Å². The molecule has 0 aliphatic carbocycles. The Kier molecular flexibility index (Phi) is 3.26. The van der Waals surface area contributed by atoms with Crippen LogP contribution in [0, 0.1) is 5.82 Å². The van der Waals surface area contributed by atoms with Crippen molar-refractivity contribution in [1.29, 1.82) is 0 Å². The van der Waals surface area contributed by atoms with Crippen molar-refractivity contribution in [3.63, 3.8) is 0 Å². The first-order chi connectivity index (χ1) is 8.38. The monoisotopic (exact) mass is 275 g/mol. The predicted molar refractivity (Wildman–Crippen MR) is 59.6 cm³/mol. The highest BCUT2D eigenvalue weighted by Gasteiger charge is 2.30. The molecule has 0 N–H and O–H groups in total. The molecule has 0 aliphatic rings. The standard InChI is InChI=1S/C12H6ClF4N/c13-9-5-10(14)11(18-6-9)7-1-3-8(4-2-7)12(15,16)17/h1-6H. The van der Waals surface area contributed by atoms with E-state index in [0.717, 1.165) is 18.2 Å². The number of hydrogen-bond acceptors (Lipinski definition) is 1. The Morgan fingerprint density at radius 3 is 2.17 bits per heavy atom. The highest BCUT2D eigenvalue weighted by molar-refractivity contribution is 6.30. The van der Waals surface area contributed by atoms with Crippen LogP contribution in [0.15, 0.2) is 36.5 Å². The number of pyridine rings is 1. The number of halogens is 5. The van der Waals surface area contributed by atoms with E-state index < -0.39 is 17.6 Å². The molecule has 0 radical (unpaired) electrons. The van der Waals surface area contributed by atoms with Crippen molar-refractivity contribution in [3.8, 4) is 11.3 Å². The lowest BCUT2D eigenvalue weighted by Crippen LogP contribution is -2.04. The summed E-state index contributed by atoms with van der Waals surface area (Å²) < 4.78 is 50.5. The van der Waals surface area contributed by atoms with Crippen molar-refractivity contribution < 1.29 is 17.6 Å². The van der Waals surface area contributed by atoms with Crippen LogP contribution in [0.5, 0.6) is 0 Å². The largest absolute Gasteiger partial charge is 0.416 e. The number of aromatic nitrogens is 1. The molecule has 0 saturated heterocycles. The smallest absolute Gasteiger partial charge is 0.252 e. The fourth-order valence-corrected chi connectivity index (χ4v) is 1.59. The molecule has 0 amide bonds. The lowest BCUT2D eigenvalue weighted by Gasteiger charge is -2.07. The van der Waals surface area contributed by atoms with Crippen LogP contribution >= 0.6 is 11.6 Å². The van der Waals surface area contributed by atoms with Gasteiger partial charge in [-0.15, -0.1) is 0 Å². The molecule has 94 valence electrons. The SMILES string of the molecule is Fc1cc(Cl)cnc1-c1ccc(C(F)(F)F)cc1. The van der Waals surface area contributed by atoms with Gasteiger partial charge in [-0.3, -0.25) is 4.98 Å². The van der Waals surface area contributed by atoms with Crippen LogP contribution in [0.1, 0.15) is 5.56 Å². The molecule has 0 spiro atoms. The van der Waals surface area contributed by atoms with Gasteiger partial charge < -0.3 is 0 Å². The Morgan fingerprint density at radius 2 is 1.67 bits per heavy atom. The van der Waals surface area contributed by atoms with Gasteiger partial charge in [0.1, 0.15) is 5.69 Å². The highest BCUT2D eigenvalue weighted by Crippen LogP contribution is 2.31. The van der Waals surface area contributed by atoms with Crippen LogP contribution in [0.4, 0.5) is 17.6 Å². The van der Waals surface area contributed by atoms with E-state index in [1.165, 1.54) is 18.3 Å². The highest BCUT2D eigenvalue weighted by atomic mass is 35.5. The molecular weight excluding hydrogens is 270 g/mol. The quantitative estimate of drug-likeness (QED) is 0.695. The van der Waals surface area contributed by atoms with Gasteiger partial charge in [-0.25, -0.2) is 4.39 Å². The predicted octanol–water partition coefficient (Wildman–Crippen LogP) is 4.56. The van der Waals surface area contributed by atoms with Gasteiger partial charge >= 0.3 is 6.18 Å². The zero-order valence-corrected chi connectivity index (χ0v) is 9.56. The molecule has 0 bridgehead atoms. The summed E-state index contributed by atoms with van der Waals surface area (Å²) in [4.78, 5) is 3.75. The topological polar surface area (TPSA) is 12.9 Å². The van der Waals surface area contributed by atoms with Gasteiger partial charge in [-0.05, 0) is 18.2 Å². The minimum atomic E-state index is -4.41. The number of rotatable bonds is 1. The van der Waals surface area contributed by atoms with Crippen molar-refractivity contribution in [2.75, 3.05) is 0 Å². The summed E-state index contributed by atoms with van der Waals surface area (Å²) in [5.74, 6) is -0.678. The summed E-state index contributed by atoms with van der Waals surface area (Å²) in [5, 5.41) is 0.128. The second-order valence-corrected chi connectivity index (χ2v) is 4.00. The molecule has 1 heterocycles. The Bertz CT molecular complexity index is 563. The first-order valence-electron chi connectivity index (χ1n) is 4.86. The average molecular weight is 276 g/mol. The van der Waals surface area contributed by atoms with Crippen molar-refractivity contribution in [2.24, 2.45) is 0 Å². The summed E-state index contributed by atoms with van der Waals surface area (Å²) in [6.45, 7) is 0. The maximum Gasteiger partial charge on any atom is 0.416 e. The van der Waals surface area contributed by atoms with Crippen molar-refractivity contribution in [3.05, 3.63) is 52.9 Å². The number of benzene rings is 1. The normalized spacial score (nSPS) is 11.6. The third-order valence-electron chi connectivity index (χ3n) is 2.29. The van der Waals surface area contributed by atoms with E-state index >= 15 is 0 Å². The molecule has 0 unspecified atom stereocenters. The third-order valence-corrected chi connectivity index (χ3v) is 2.50. The minimum absolute atomic E-state index is 0.0341. The molecular formula is C12H6ClF4N. The molecule has 18 heavy (non-hydrogen) atoms. The van der Waals surface area contributed by atoms with E-state index in [0.29, 0.717) is 0 Å². The Morgan fingerprint density at radius 1 is 1.06 bits per heavy atom. The van der Waals surface area contributed by atoms with E-state index in [-0.39, 0.29) is 16.3 Å². The molecule has 0 aliphatic heterocycles. The van der Waals surface area contributed by atoms with Crippen molar-refractivity contribution in [2.45, 2.75) is 6.18 Å². The third kappa shape index (κ3) is 2.61. The molecule has 1 nitrogen and oxygen atoms in total. The molecule has 2 aromatic rings. The lowest BCUT2D eigenvalue weighted by atomic mass is 10.1. The molecule has 0 atom stereocenters. The van der Waals surface area contributed by atoms with E-state index in [4.69, 9.17) is 11.6 Å². The summed E-state index contributed by atoms with van der Waals surface area (Å²) in [7, 11) is 0. The fourth-order valence-electron chi connectivity index (χ4n) is 1.44. The van der Waals surface area contributed by atoms with Crippen LogP contribution in [0.3, 0.4) is 0 Å². The number of hydrogen-bond donors (Lipinski definition) is 0. The Hall–Kier alpha value is -1.62. The summed E-state index contributed by atoms with van der Waals surface area (Å²) in [5.41, 5.74) is -0.564. The van der Waals surface area contributed by atoms with Crippen molar-refractivity contribution in [1.82, 2.24) is 4.98 Å². The molecule has 6 heteroatoms. The first-order valence-corrected chi connectivity index (χ1v) is 5.24. The Labute approximate surface area is 105 Å². The average Bonchev–Trinajstić information content (AvgIpc) is 2.28. The summed E-state index contributed by atoms with van der Waals surface area (Å²) >= 11 is 5.54. The number of nitrogens with zero attached hydrogens (tertiary/aromatic N) is 1. The molecule has 2 rings (SSSR count). The lowest BCUT2D eigenvalue weighted by molar-refractivity contribution is -0.137. The van der Waals surface area contributed by atoms with Crippen LogP contribution < -0.4 is 0 Å². The first kappa shape index (κ1) is 12.8. The van der Waals surface area contributed by atoms with Gasteiger partial charge in [-0.2, -0.15) is 13.2 Å². The van der Waals surface area contributed by atoms with E-state index in [1.54, 1.807) is 0 Å². The molecule has 1 aromatic heterocycles. The second kappa shape index (κ2) is 4.57. The maximum absolute atomic E-state index is 13.5. The minimum Gasteiger partial charge on any atom is -0.252 e. The van der Waals surface area contributed by atoms with E-state index in [2.05, 4.69) is 4.98 Å². The zero-order valence-electron chi connectivity index (χ0n) is 8.80. The van der Waals surface area contributed by atoms with Gasteiger partial charge in [0.2, 0.25) is 0 Å².